The number of benzene rings is 1. The molecule has 0 unspecified atom stereocenters. The quantitative estimate of drug-likeness (QED) is 0.533. The minimum Gasteiger partial charge on any atom is -0.494 e. The van der Waals surface area contributed by atoms with E-state index in [1.807, 2.05) is 6.07 Å². The molecular formula is C9H11BF3KO. The van der Waals surface area contributed by atoms with Gasteiger partial charge >= 0.3 is 58.4 Å². The van der Waals surface area contributed by atoms with E-state index in [-0.39, 0.29) is 64.4 Å². The summed E-state index contributed by atoms with van der Waals surface area (Å²) in [5, 5.41) is 0. The predicted molar refractivity (Wildman–Crippen MR) is 50.4 cm³/mol. The summed E-state index contributed by atoms with van der Waals surface area (Å²) in [6, 6.07) is 8.83. The molecule has 1 nitrogen and oxygen atoms in total. The van der Waals surface area contributed by atoms with E-state index in [4.69, 9.17) is 4.74 Å². The van der Waals surface area contributed by atoms with Crippen molar-refractivity contribution in [2.24, 2.45) is 0 Å². The van der Waals surface area contributed by atoms with Gasteiger partial charge in [-0.05, 0) is 18.6 Å². The number of rotatable bonds is 5. The molecule has 6 heteroatoms. The fourth-order valence-corrected chi connectivity index (χ4v) is 1.02. The van der Waals surface area contributed by atoms with Gasteiger partial charge in [-0.25, -0.2) is 0 Å². The first-order valence-electron chi connectivity index (χ1n) is 4.47. The summed E-state index contributed by atoms with van der Waals surface area (Å²) in [6.07, 6.45) is -0.703. The Morgan fingerprint density at radius 1 is 1.07 bits per heavy atom. The van der Waals surface area contributed by atoms with Crippen LogP contribution in [0.2, 0.25) is 6.32 Å². The Kier molecular flexibility index (Phi) is 7.99. The van der Waals surface area contributed by atoms with E-state index in [1.54, 1.807) is 24.3 Å². The van der Waals surface area contributed by atoms with Gasteiger partial charge < -0.3 is 17.7 Å². The van der Waals surface area contributed by atoms with Crippen LogP contribution in [0.4, 0.5) is 12.9 Å². The van der Waals surface area contributed by atoms with Gasteiger partial charge in [0.25, 0.3) is 0 Å². The molecule has 0 saturated carbocycles. The maximum atomic E-state index is 11.8. The molecule has 0 amide bonds. The monoisotopic (exact) mass is 242 g/mol. The van der Waals surface area contributed by atoms with E-state index >= 15 is 0 Å². The van der Waals surface area contributed by atoms with Crippen LogP contribution >= 0.6 is 0 Å². The third-order valence-corrected chi connectivity index (χ3v) is 1.69. The first-order valence-corrected chi connectivity index (χ1v) is 4.47. The summed E-state index contributed by atoms with van der Waals surface area (Å²) in [5.41, 5.74) is 0. The van der Waals surface area contributed by atoms with Gasteiger partial charge in [-0.3, -0.25) is 0 Å². The zero-order valence-electron chi connectivity index (χ0n) is 8.63. The molecule has 0 radical (unpaired) electrons. The topological polar surface area (TPSA) is 9.23 Å². The van der Waals surface area contributed by atoms with Gasteiger partial charge in [0.2, 0.25) is 0 Å². The first-order chi connectivity index (χ1) is 6.58. The fraction of sp³-hybridized carbons (Fsp3) is 0.333. The van der Waals surface area contributed by atoms with Crippen LogP contribution in [0.5, 0.6) is 5.75 Å². The van der Waals surface area contributed by atoms with Crippen LogP contribution in [0.3, 0.4) is 0 Å². The summed E-state index contributed by atoms with van der Waals surface area (Å²) in [5.74, 6) is 0.613. The number of ether oxygens (including phenoxy) is 1. The molecular weight excluding hydrogens is 231 g/mol. The Balaban J connectivity index is 0.00000196. The van der Waals surface area contributed by atoms with Crippen molar-refractivity contribution >= 4 is 6.98 Å². The third-order valence-electron chi connectivity index (χ3n) is 1.69. The van der Waals surface area contributed by atoms with E-state index in [0.717, 1.165) is 0 Å². The van der Waals surface area contributed by atoms with Crippen LogP contribution in [-0.4, -0.2) is 13.6 Å². The summed E-state index contributed by atoms with van der Waals surface area (Å²) in [6.45, 7) is -4.55. The second-order valence-electron chi connectivity index (χ2n) is 3.01. The van der Waals surface area contributed by atoms with Gasteiger partial charge in [0.1, 0.15) is 5.75 Å². The molecule has 0 heterocycles. The molecule has 15 heavy (non-hydrogen) atoms. The van der Waals surface area contributed by atoms with Crippen LogP contribution in [-0.2, 0) is 0 Å². The van der Waals surface area contributed by atoms with Crippen molar-refractivity contribution in [3.8, 4) is 5.75 Å². The Morgan fingerprint density at radius 2 is 1.67 bits per heavy atom. The molecule has 78 valence electrons. The van der Waals surface area contributed by atoms with Crippen LogP contribution in [0.1, 0.15) is 6.42 Å². The SMILES string of the molecule is F[B-](F)(F)CCCOc1ccccc1.[K+]. The normalized spacial score (nSPS) is 10.6. The average Bonchev–Trinajstić information content (AvgIpc) is 2.13. The van der Waals surface area contributed by atoms with Crippen molar-refractivity contribution in [1.29, 1.82) is 0 Å². The maximum absolute atomic E-state index is 11.8. The fourth-order valence-electron chi connectivity index (χ4n) is 1.02. The van der Waals surface area contributed by atoms with Gasteiger partial charge in [0.15, 0.2) is 0 Å². The molecule has 0 aliphatic rings. The molecule has 1 rings (SSSR count). The van der Waals surface area contributed by atoms with Crippen molar-refractivity contribution < 1.29 is 69.1 Å². The number of halogens is 3. The van der Waals surface area contributed by atoms with Crippen molar-refractivity contribution in [2.75, 3.05) is 6.61 Å². The van der Waals surface area contributed by atoms with Crippen LogP contribution in [0.15, 0.2) is 30.3 Å². The molecule has 0 bridgehead atoms. The molecule has 0 spiro atoms. The van der Waals surface area contributed by atoms with E-state index in [9.17, 15) is 12.9 Å². The Labute approximate surface area is 130 Å². The van der Waals surface area contributed by atoms with Gasteiger partial charge in [-0.1, -0.05) is 24.5 Å². The minimum absolute atomic E-state index is 0. The smallest absolute Gasteiger partial charge is 0.494 e. The second-order valence-corrected chi connectivity index (χ2v) is 3.01. The van der Waals surface area contributed by atoms with E-state index in [1.165, 1.54) is 0 Å². The van der Waals surface area contributed by atoms with Gasteiger partial charge in [-0.2, -0.15) is 0 Å². The van der Waals surface area contributed by atoms with Crippen molar-refractivity contribution in [2.45, 2.75) is 12.7 Å². The van der Waals surface area contributed by atoms with E-state index in [2.05, 4.69) is 0 Å². The summed E-state index contributed by atoms with van der Waals surface area (Å²) >= 11 is 0. The molecule has 0 aliphatic heterocycles. The maximum Gasteiger partial charge on any atom is 1.00 e. The van der Waals surface area contributed by atoms with E-state index < -0.39 is 13.3 Å². The predicted octanol–water partition coefficient (Wildman–Crippen LogP) is 0.307. The zero-order valence-corrected chi connectivity index (χ0v) is 11.8. The van der Waals surface area contributed by atoms with Crippen LogP contribution in [0.25, 0.3) is 0 Å². The number of para-hydroxylation sites is 1. The Morgan fingerprint density at radius 3 is 2.20 bits per heavy atom. The first kappa shape index (κ1) is 15.5. The standard InChI is InChI=1S/C9H11BF3O.K/c11-10(12,13)7-4-8-14-9-5-2-1-3-6-9;/h1-3,5-6H,4,7-8H2;/q-1;+1. The number of hydrogen-bond acceptors (Lipinski definition) is 1. The molecule has 0 saturated heterocycles. The molecule has 0 fully saturated rings. The van der Waals surface area contributed by atoms with Crippen molar-refractivity contribution in [1.82, 2.24) is 0 Å². The second kappa shape index (κ2) is 7.73. The van der Waals surface area contributed by atoms with Crippen LogP contribution < -0.4 is 56.1 Å². The minimum atomic E-state index is -4.66. The summed E-state index contributed by atoms with van der Waals surface area (Å²) in [4.78, 5) is 0. The largest absolute Gasteiger partial charge is 1.00 e. The molecule has 0 aliphatic carbocycles. The Bertz CT molecular complexity index is 266. The molecule has 0 aromatic heterocycles. The summed E-state index contributed by atoms with van der Waals surface area (Å²) < 4.78 is 40.5. The van der Waals surface area contributed by atoms with E-state index in [0.29, 0.717) is 5.75 Å². The third kappa shape index (κ3) is 8.33. The molecule has 1 aromatic rings. The molecule has 0 atom stereocenters. The molecule has 1 aromatic carbocycles. The van der Waals surface area contributed by atoms with Crippen molar-refractivity contribution in [3.63, 3.8) is 0 Å². The van der Waals surface area contributed by atoms with Gasteiger partial charge in [0, 0.05) is 0 Å². The van der Waals surface area contributed by atoms with Gasteiger partial charge in [0.05, 0.1) is 6.61 Å². The van der Waals surface area contributed by atoms with Gasteiger partial charge in [-0.15, -0.1) is 0 Å². The summed E-state index contributed by atoms with van der Waals surface area (Å²) in [7, 11) is 0. The zero-order chi connectivity index (χ0) is 10.4. The number of hydrogen-bond donors (Lipinski definition) is 0. The molecule has 0 N–H and O–H groups in total. The average molecular weight is 242 g/mol. The van der Waals surface area contributed by atoms with Crippen LogP contribution in [0, 0.1) is 0 Å². The van der Waals surface area contributed by atoms with Crippen molar-refractivity contribution in [3.05, 3.63) is 30.3 Å². The Hall–Kier alpha value is 0.511.